The van der Waals surface area contributed by atoms with Crippen molar-refractivity contribution in [1.29, 1.82) is 0 Å². The van der Waals surface area contributed by atoms with Gasteiger partial charge in [-0.1, -0.05) is 51.9 Å². The van der Waals surface area contributed by atoms with E-state index in [-0.39, 0.29) is 6.54 Å². The average Bonchev–Trinajstić information content (AvgIpc) is 2.35. The second kappa shape index (κ2) is 10.8. The SMILES string of the molecule is CCCCCCCCCCNS(=O)(=O)C(C)CN. The molecule has 0 fully saturated rings. The van der Waals surface area contributed by atoms with Gasteiger partial charge in [0.15, 0.2) is 0 Å². The van der Waals surface area contributed by atoms with E-state index in [4.69, 9.17) is 5.73 Å². The first-order chi connectivity index (χ1) is 8.54. The smallest absolute Gasteiger partial charge is 0.215 e. The number of hydrogen-bond acceptors (Lipinski definition) is 3. The standard InChI is InChI=1S/C13H30N2O2S/c1-3-4-5-6-7-8-9-10-11-15-18(16,17)13(2)12-14/h13,15H,3-12,14H2,1-2H3. The molecular formula is C13H30N2O2S. The zero-order valence-corrected chi connectivity index (χ0v) is 12.8. The summed E-state index contributed by atoms with van der Waals surface area (Å²) in [4.78, 5) is 0. The lowest BCUT2D eigenvalue weighted by atomic mass is 10.1. The van der Waals surface area contributed by atoms with E-state index in [0.717, 1.165) is 12.8 Å². The zero-order valence-electron chi connectivity index (χ0n) is 12.0. The van der Waals surface area contributed by atoms with Crippen molar-refractivity contribution >= 4 is 10.0 Å². The van der Waals surface area contributed by atoms with Gasteiger partial charge in [-0.25, -0.2) is 13.1 Å². The maximum absolute atomic E-state index is 11.6. The monoisotopic (exact) mass is 278 g/mol. The molecule has 0 spiro atoms. The molecule has 0 aliphatic rings. The van der Waals surface area contributed by atoms with Crippen LogP contribution < -0.4 is 10.5 Å². The van der Waals surface area contributed by atoms with Gasteiger partial charge in [0.1, 0.15) is 0 Å². The van der Waals surface area contributed by atoms with Crippen molar-refractivity contribution in [3.63, 3.8) is 0 Å². The number of hydrogen-bond donors (Lipinski definition) is 2. The number of nitrogens with two attached hydrogens (primary N) is 1. The van der Waals surface area contributed by atoms with Gasteiger partial charge in [-0.3, -0.25) is 0 Å². The Bertz CT molecular complexity index is 279. The van der Waals surface area contributed by atoms with Crippen molar-refractivity contribution in [1.82, 2.24) is 4.72 Å². The second-order valence-corrected chi connectivity index (χ2v) is 7.14. The van der Waals surface area contributed by atoms with Crippen molar-refractivity contribution in [2.45, 2.75) is 70.5 Å². The van der Waals surface area contributed by atoms with E-state index in [1.165, 1.54) is 38.5 Å². The van der Waals surface area contributed by atoms with Crippen LogP contribution in [0.15, 0.2) is 0 Å². The minimum Gasteiger partial charge on any atom is -0.329 e. The first-order valence-corrected chi connectivity index (χ1v) is 8.77. The topological polar surface area (TPSA) is 72.2 Å². The van der Waals surface area contributed by atoms with Gasteiger partial charge in [0.05, 0.1) is 5.25 Å². The van der Waals surface area contributed by atoms with Gasteiger partial charge in [-0.2, -0.15) is 0 Å². The Kier molecular flexibility index (Phi) is 10.7. The molecule has 110 valence electrons. The van der Waals surface area contributed by atoms with Crippen molar-refractivity contribution in [3.8, 4) is 0 Å². The molecule has 0 aliphatic heterocycles. The summed E-state index contributed by atoms with van der Waals surface area (Å²) in [6, 6.07) is 0. The molecule has 0 aromatic carbocycles. The van der Waals surface area contributed by atoms with Crippen LogP contribution in [0.4, 0.5) is 0 Å². The van der Waals surface area contributed by atoms with Crippen molar-refractivity contribution in [2.75, 3.05) is 13.1 Å². The molecule has 0 saturated heterocycles. The highest BCUT2D eigenvalue weighted by Gasteiger charge is 2.17. The van der Waals surface area contributed by atoms with E-state index in [1.54, 1.807) is 6.92 Å². The molecule has 0 saturated carbocycles. The average molecular weight is 278 g/mol. The first kappa shape index (κ1) is 17.9. The highest BCUT2D eigenvalue weighted by atomic mass is 32.2. The molecular weight excluding hydrogens is 248 g/mol. The first-order valence-electron chi connectivity index (χ1n) is 7.23. The Hall–Kier alpha value is -0.130. The fourth-order valence-corrected chi connectivity index (χ4v) is 2.71. The van der Waals surface area contributed by atoms with Crippen LogP contribution in [0, 0.1) is 0 Å². The van der Waals surface area contributed by atoms with Gasteiger partial charge < -0.3 is 5.73 Å². The third-order valence-electron chi connectivity index (χ3n) is 3.20. The molecule has 0 aliphatic carbocycles. The fourth-order valence-electron chi connectivity index (χ4n) is 1.74. The lowest BCUT2D eigenvalue weighted by Gasteiger charge is -2.11. The third kappa shape index (κ3) is 8.89. The quantitative estimate of drug-likeness (QED) is 0.538. The molecule has 0 amide bonds. The second-order valence-electron chi connectivity index (χ2n) is 4.96. The molecule has 0 aromatic rings. The van der Waals surface area contributed by atoms with E-state index < -0.39 is 15.3 Å². The summed E-state index contributed by atoms with van der Waals surface area (Å²) in [5.41, 5.74) is 5.35. The van der Waals surface area contributed by atoms with E-state index in [2.05, 4.69) is 11.6 Å². The molecule has 1 unspecified atom stereocenters. The normalized spacial score (nSPS) is 13.7. The molecule has 18 heavy (non-hydrogen) atoms. The van der Waals surface area contributed by atoms with Crippen LogP contribution >= 0.6 is 0 Å². The molecule has 0 bridgehead atoms. The molecule has 0 heterocycles. The summed E-state index contributed by atoms with van der Waals surface area (Å²) in [6.45, 7) is 4.57. The highest BCUT2D eigenvalue weighted by Crippen LogP contribution is 2.08. The van der Waals surface area contributed by atoms with Gasteiger partial charge in [-0.15, -0.1) is 0 Å². The molecule has 0 aromatic heterocycles. The molecule has 3 N–H and O–H groups in total. The lowest BCUT2D eigenvalue weighted by Crippen LogP contribution is -2.37. The highest BCUT2D eigenvalue weighted by molar-refractivity contribution is 7.90. The van der Waals surface area contributed by atoms with Crippen LogP contribution in [0.1, 0.15) is 65.2 Å². The number of sulfonamides is 1. The summed E-state index contributed by atoms with van der Waals surface area (Å²) in [7, 11) is -3.19. The Morgan fingerprint density at radius 2 is 1.50 bits per heavy atom. The van der Waals surface area contributed by atoms with Crippen LogP contribution in [-0.2, 0) is 10.0 Å². The summed E-state index contributed by atoms with van der Waals surface area (Å²) in [5, 5.41) is -0.494. The molecule has 4 nitrogen and oxygen atoms in total. The van der Waals surface area contributed by atoms with E-state index in [1.807, 2.05) is 0 Å². The predicted molar refractivity (Wildman–Crippen MR) is 78.0 cm³/mol. The van der Waals surface area contributed by atoms with Crippen molar-refractivity contribution in [3.05, 3.63) is 0 Å². The van der Waals surface area contributed by atoms with Crippen LogP contribution in [0.3, 0.4) is 0 Å². The van der Waals surface area contributed by atoms with Crippen LogP contribution in [-0.4, -0.2) is 26.8 Å². The van der Waals surface area contributed by atoms with Crippen molar-refractivity contribution < 1.29 is 8.42 Å². The summed E-state index contributed by atoms with van der Waals surface area (Å²) < 4.78 is 25.8. The number of nitrogens with one attached hydrogen (secondary N) is 1. The van der Waals surface area contributed by atoms with E-state index >= 15 is 0 Å². The largest absolute Gasteiger partial charge is 0.329 e. The van der Waals surface area contributed by atoms with Gasteiger partial charge in [0.2, 0.25) is 10.0 Å². The Labute approximate surface area is 113 Å². The van der Waals surface area contributed by atoms with Gasteiger partial charge in [0.25, 0.3) is 0 Å². The predicted octanol–water partition coefficient (Wildman–Crippen LogP) is 2.39. The molecule has 5 heteroatoms. The lowest BCUT2D eigenvalue weighted by molar-refractivity contribution is 0.552. The molecule has 1 atom stereocenters. The summed E-state index contributed by atoms with van der Waals surface area (Å²) >= 11 is 0. The van der Waals surface area contributed by atoms with Gasteiger partial charge in [-0.05, 0) is 13.3 Å². The fraction of sp³-hybridized carbons (Fsp3) is 1.00. The van der Waals surface area contributed by atoms with E-state index in [0.29, 0.717) is 6.54 Å². The van der Waals surface area contributed by atoms with Crippen LogP contribution in [0.25, 0.3) is 0 Å². The van der Waals surface area contributed by atoms with Gasteiger partial charge in [0, 0.05) is 13.1 Å². The maximum atomic E-state index is 11.6. The zero-order chi connectivity index (χ0) is 13.9. The number of rotatable bonds is 12. The summed E-state index contributed by atoms with van der Waals surface area (Å²) in [5.74, 6) is 0. The van der Waals surface area contributed by atoms with Gasteiger partial charge >= 0.3 is 0 Å². The Balaban J connectivity index is 3.40. The van der Waals surface area contributed by atoms with Crippen LogP contribution in [0.5, 0.6) is 0 Å². The third-order valence-corrected chi connectivity index (χ3v) is 5.05. The maximum Gasteiger partial charge on any atom is 0.215 e. The minimum absolute atomic E-state index is 0.173. The van der Waals surface area contributed by atoms with Crippen molar-refractivity contribution in [2.24, 2.45) is 5.73 Å². The Morgan fingerprint density at radius 3 is 2.00 bits per heavy atom. The van der Waals surface area contributed by atoms with E-state index in [9.17, 15) is 8.42 Å². The number of unbranched alkanes of at least 4 members (excludes halogenated alkanes) is 7. The van der Waals surface area contributed by atoms with Crippen LogP contribution in [0.2, 0.25) is 0 Å². The Morgan fingerprint density at radius 1 is 1.00 bits per heavy atom. The molecule has 0 radical (unpaired) electrons. The minimum atomic E-state index is -3.19. The molecule has 0 rings (SSSR count). The summed E-state index contributed by atoms with van der Waals surface area (Å²) in [6.07, 6.45) is 9.75.